The van der Waals surface area contributed by atoms with Crippen molar-refractivity contribution in [1.29, 1.82) is 0 Å². The zero-order valence-corrected chi connectivity index (χ0v) is 13.7. The van der Waals surface area contributed by atoms with Crippen molar-refractivity contribution >= 4 is 35.1 Å². The van der Waals surface area contributed by atoms with Crippen LogP contribution in [0.15, 0.2) is 18.2 Å². The first-order valence-electron chi connectivity index (χ1n) is 7.40. The van der Waals surface area contributed by atoms with E-state index in [0.717, 1.165) is 24.8 Å². The molecule has 0 unspecified atom stereocenters. The summed E-state index contributed by atoms with van der Waals surface area (Å²) in [6.45, 7) is 1.99. The summed E-state index contributed by atoms with van der Waals surface area (Å²) in [6, 6.07) is 5.46. The quantitative estimate of drug-likeness (QED) is 0.678. The molecule has 0 aromatic heterocycles. The molecule has 1 aliphatic heterocycles. The minimum absolute atomic E-state index is 0.104. The third-order valence-corrected chi connectivity index (χ3v) is 5.47. The molecule has 2 aliphatic rings. The zero-order chi connectivity index (χ0) is 15.9. The molecule has 3 atom stereocenters. The molecule has 1 heterocycles. The van der Waals surface area contributed by atoms with Gasteiger partial charge in [0, 0.05) is 11.5 Å². The summed E-state index contributed by atoms with van der Waals surface area (Å²) in [7, 11) is 0. The van der Waals surface area contributed by atoms with E-state index in [-0.39, 0.29) is 18.6 Å². The van der Waals surface area contributed by atoms with Crippen LogP contribution < -0.4 is 5.32 Å². The van der Waals surface area contributed by atoms with Gasteiger partial charge in [-0.05, 0) is 43.9 Å². The molecule has 3 rings (SSSR count). The van der Waals surface area contributed by atoms with Gasteiger partial charge in [-0.3, -0.25) is 9.59 Å². The summed E-state index contributed by atoms with van der Waals surface area (Å²) < 4.78 is 5.14. The van der Waals surface area contributed by atoms with Crippen molar-refractivity contribution in [3.05, 3.63) is 33.8 Å². The lowest BCUT2D eigenvalue weighted by molar-refractivity contribution is -0.156. The summed E-state index contributed by atoms with van der Waals surface area (Å²) in [5, 5.41) is 3.82. The summed E-state index contributed by atoms with van der Waals surface area (Å²) in [4.78, 5) is 24.8. The van der Waals surface area contributed by atoms with Crippen LogP contribution in [0.2, 0.25) is 10.0 Å². The monoisotopic (exact) mass is 341 g/mol. The Morgan fingerprint density at radius 2 is 2.18 bits per heavy atom. The molecule has 2 bridgehead atoms. The van der Waals surface area contributed by atoms with E-state index >= 15 is 0 Å². The van der Waals surface area contributed by atoms with E-state index in [2.05, 4.69) is 5.32 Å². The number of fused-ring (bicyclic) bond motifs is 2. The smallest absolute Gasteiger partial charge is 0.319 e. The van der Waals surface area contributed by atoms with Crippen molar-refractivity contribution < 1.29 is 14.3 Å². The van der Waals surface area contributed by atoms with Gasteiger partial charge in [-0.25, -0.2) is 0 Å². The van der Waals surface area contributed by atoms with E-state index in [1.54, 1.807) is 19.1 Å². The average molecular weight is 342 g/mol. The van der Waals surface area contributed by atoms with Gasteiger partial charge in [0.2, 0.25) is 5.91 Å². The first-order valence-corrected chi connectivity index (χ1v) is 8.16. The number of nitrogens with one attached hydrogen (secondary N) is 1. The van der Waals surface area contributed by atoms with Gasteiger partial charge in [-0.2, -0.15) is 0 Å². The number of benzene rings is 1. The molecule has 2 fully saturated rings. The Morgan fingerprint density at radius 3 is 2.86 bits per heavy atom. The maximum Gasteiger partial charge on any atom is 0.319 e. The molecule has 1 amide bonds. The second-order valence-electron chi connectivity index (χ2n) is 5.92. The van der Waals surface area contributed by atoms with Gasteiger partial charge >= 0.3 is 5.97 Å². The number of carbonyl (C=O) groups excluding carboxylic acids is 2. The van der Waals surface area contributed by atoms with E-state index in [0.29, 0.717) is 10.0 Å². The fraction of sp³-hybridized carbons (Fsp3) is 0.500. The largest absolute Gasteiger partial charge is 0.465 e. The fourth-order valence-electron chi connectivity index (χ4n) is 3.79. The Kier molecular flexibility index (Phi) is 4.08. The Bertz CT molecular complexity index is 634. The van der Waals surface area contributed by atoms with Crippen LogP contribution in [0.25, 0.3) is 0 Å². The Hall–Kier alpha value is -1.26. The first kappa shape index (κ1) is 15.6. The summed E-state index contributed by atoms with van der Waals surface area (Å²) in [5.41, 5.74) is 0.338. The van der Waals surface area contributed by atoms with Crippen LogP contribution in [0, 0.1) is 5.92 Å². The van der Waals surface area contributed by atoms with Gasteiger partial charge in [0.25, 0.3) is 0 Å². The second kappa shape index (κ2) is 5.74. The number of ether oxygens (including phenoxy) is 1. The van der Waals surface area contributed by atoms with Crippen molar-refractivity contribution in [3.8, 4) is 0 Å². The highest BCUT2D eigenvalue weighted by molar-refractivity contribution is 6.42. The molecule has 0 radical (unpaired) electrons. The molecule has 0 spiro atoms. The maximum atomic E-state index is 12.4. The number of hydrogen-bond donors (Lipinski definition) is 1. The normalized spacial score (nSPS) is 30.0. The molecule has 4 nitrogen and oxygen atoms in total. The van der Waals surface area contributed by atoms with Crippen LogP contribution in [0.1, 0.15) is 31.7 Å². The van der Waals surface area contributed by atoms with Crippen LogP contribution in [0.3, 0.4) is 0 Å². The molecule has 6 heteroatoms. The molecular weight excluding hydrogens is 325 g/mol. The Labute approximate surface area is 139 Å². The minimum Gasteiger partial charge on any atom is -0.465 e. The van der Waals surface area contributed by atoms with E-state index < -0.39 is 17.3 Å². The predicted molar refractivity (Wildman–Crippen MR) is 84.0 cm³/mol. The number of hydrogen-bond acceptors (Lipinski definition) is 3. The van der Waals surface area contributed by atoms with Crippen LogP contribution >= 0.6 is 23.2 Å². The lowest BCUT2D eigenvalue weighted by atomic mass is 9.67. The lowest BCUT2D eigenvalue weighted by Gasteiger charge is -2.39. The first-order chi connectivity index (χ1) is 10.5. The zero-order valence-electron chi connectivity index (χ0n) is 12.2. The highest BCUT2D eigenvalue weighted by Crippen LogP contribution is 2.50. The molecule has 1 saturated carbocycles. The molecule has 1 N–H and O–H groups in total. The predicted octanol–water partition coefficient (Wildman–Crippen LogP) is 3.09. The summed E-state index contributed by atoms with van der Waals surface area (Å²) in [5.74, 6) is -1.55. The molecule has 118 valence electrons. The lowest BCUT2D eigenvalue weighted by Crippen LogP contribution is -2.54. The van der Waals surface area contributed by atoms with Gasteiger partial charge in [0.15, 0.2) is 0 Å². The third-order valence-electron chi connectivity index (χ3n) is 4.73. The van der Waals surface area contributed by atoms with Crippen LogP contribution in [0.5, 0.6) is 0 Å². The molecule has 1 saturated heterocycles. The minimum atomic E-state index is -0.830. The molecule has 1 aromatic carbocycles. The second-order valence-corrected chi connectivity index (χ2v) is 6.73. The fourth-order valence-corrected chi connectivity index (χ4v) is 4.09. The number of carbonyl (C=O) groups is 2. The van der Waals surface area contributed by atoms with E-state index in [1.807, 2.05) is 6.07 Å². The number of rotatable bonds is 3. The van der Waals surface area contributed by atoms with Crippen LogP contribution in [-0.2, 0) is 19.7 Å². The Morgan fingerprint density at radius 1 is 1.41 bits per heavy atom. The van der Waals surface area contributed by atoms with E-state index in [9.17, 15) is 9.59 Å². The highest BCUT2D eigenvalue weighted by atomic mass is 35.5. The topological polar surface area (TPSA) is 55.4 Å². The van der Waals surface area contributed by atoms with Crippen molar-refractivity contribution in [2.75, 3.05) is 6.61 Å². The molecule has 1 aromatic rings. The van der Waals surface area contributed by atoms with Crippen molar-refractivity contribution in [2.45, 2.75) is 37.6 Å². The summed E-state index contributed by atoms with van der Waals surface area (Å²) in [6.07, 6.45) is 2.32. The van der Waals surface area contributed by atoms with Crippen LogP contribution in [0.4, 0.5) is 0 Å². The van der Waals surface area contributed by atoms with Crippen molar-refractivity contribution in [1.82, 2.24) is 5.32 Å². The Balaban J connectivity index is 2.07. The van der Waals surface area contributed by atoms with Crippen molar-refractivity contribution in [2.24, 2.45) is 5.92 Å². The average Bonchev–Trinajstić information content (AvgIpc) is 2.81. The number of esters is 1. The SMILES string of the molecule is CCOC(=O)[C@H]1C(=O)N[C@@H]2CC[C@@]1(c1ccc(Cl)c(Cl)c1)C2. The maximum absolute atomic E-state index is 12.4. The standard InChI is InChI=1S/C16H17Cl2NO3/c1-2-22-15(21)13-14(20)19-10-5-6-16(13,8-10)9-3-4-11(17)12(18)7-9/h3-4,7,10,13H,2,5-6,8H2,1H3,(H,19,20)/t10-,13-,16+/m1/s1. The molecular formula is C16H17Cl2NO3. The van der Waals surface area contributed by atoms with Gasteiger partial charge in [0.1, 0.15) is 5.92 Å². The molecule has 1 aliphatic carbocycles. The number of halogens is 2. The summed E-state index contributed by atoms with van der Waals surface area (Å²) >= 11 is 12.1. The van der Waals surface area contributed by atoms with Crippen molar-refractivity contribution in [3.63, 3.8) is 0 Å². The number of piperidine rings is 1. The van der Waals surface area contributed by atoms with Crippen LogP contribution in [-0.4, -0.2) is 24.5 Å². The molecule has 22 heavy (non-hydrogen) atoms. The third kappa shape index (κ3) is 2.38. The number of amides is 1. The highest BCUT2D eigenvalue weighted by Gasteiger charge is 2.57. The van der Waals surface area contributed by atoms with E-state index in [1.165, 1.54) is 0 Å². The van der Waals surface area contributed by atoms with Gasteiger partial charge < -0.3 is 10.1 Å². The van der Waals surface area contributed by atoms with Gasteiger partial charge in [-0.1, -0.05) is 29.3 Å². The van der Waals surface area contributed by atoms with Gasteiger partial charge in [0.05, 0.1) is 16.7 Å². The van der Waals surface area contributed by atoms with Gasteiger partial charge in [-0.15, -0.1) is 0 Å². The van der Waals surface area contributed by atoms with E-state index in [4.69, 9.17) is 27.9 Å².